The Morgan fingerprint density at radius 3 is 2.78 bits per heavy atom. The smallest absolute Gasteiger partial charge is 0.274 e. The Morgan fingerprint density at radius 1 is 1.30 bits per heavy atom. The summed E-state index contributed by atoms with van der Waals surface area (Å²) in [4.78, 5) is 19.1. The fourth-order valence-corrected chi connectivity index (χ4v) is 5.29. The molecule has 0 aromatic carbocycles. The van der Waals surface area contributed by atoms with E-state index in [9.17, 15) is 4.79 Å². The van der Waals surface area contributed by atoms with Gasteiger partial charge in [-0.05, 0) is 50.6 Å². The van der Waals surface area contributed by atoms with Crippen molar-refractivity contribution in [2.75, 3.05) is 20.1 Å². The molecule has 0 N–H and O–H groups in total. The predicted octanol–water partition coefficient (Wildman–Crippen LogP) is 3.49. The summed E-state index contributed by atoms with van der Waals surface area (Å²) in [5.74, 6) is 0.148. The summed E-state index contributed by atoms with van der Waals surface area (Å²) in [7, 11) is 4.20. The maximum atomic E-state index is 13.2. The molecular weight excluding hydrogens is 356 g/mol. The minimum absolute atomic E-state index is 0.148. The first-order valence-corrected chi connectivity index (χ1v) is 11.1. The lowest BCUT2D eigenvalue weighted by Crippen LogP contribution is -2.37. The highest BCUT2D eigenvalue weighted by Crippen LogP contribution is 2.29. The average Bonchev–Trinajstić information content (AvgIpc) is 3.19. The van der Waals surface area contributed by atoms with Crippen molar-refractivity contribution in [2.24, 2.45) is 7.05 Å². The highest BCUT2D eigenvalue weighted by molar-refractivity contribution is 7.09. The van der Waals surface area contributed by atoms with Gasteiger partial charge in [-0.3, -0.25) is 14.4 Å². The lowest BCUT2D eigenvalue weighted by molar-refractivity contribution is 0.0753. The first kappa shape index (κ1) is 18.7. The topological polar surface area (TPSA) is 41.4 Å². The number of aromatic nitrogens is 2. The van der Waals surface area contributed by atoms with Crippen molar-refractivity contribution in [1.29, 1.82) is 0 Å². The molecule has 1 unspecified atom stereocenters. The van der Waals surface area contributed by atoms with Crippen molar-refractivity contribution in [2.45, 2.75) is 57.5 Å². The molecule has 2 aliphatic rings. The number of fused-ring (bicyclic) bond motifs is 1. The van der Waals surface area contributed by atoms with Crippen LogP contribution in [-0.2, 0) is 26.4 Å². The number of likely N-dealkylation sites (tertiary alicyclic amines) is 1. The van der Waals surface area contributed by atoms with Crippen LogP contribution in [0.15, 0.2) is 17.5 Å². The standard InChI is InChI=1S/C21H30N4OS/c1-23(15-17-8-7-13-27-17)16-9-10-19-18(14-16)20(22-24(19)2)21(26)25-11-5-3-4-6-12-25/h7-8,13,16H,3-6,9-12,14-15H2,1-2H3. The van der Waals surface area contributed by atoms with Crippen molar-refractivity contribution in [3.63, 3.8) is 0 Å². The molecule has 0 bridgehead atoms. The van der Waals surface area contributed by atoms with Gasteiger partial charge in [-0.2, -0.15) is 5.10 Å². The van der Waals surface area contributed by atoms with E-state index in [-0.39, 0.29) is 5.91 Å². The van der Waals surface area contributed by atoms with Gasteiger partial charge in [0.05, 0.1) is 0 Å². The van der Waals surface area contributed by atoms with Crippen LogP contribution in [0.25, 0.3) is 0 Å². The van der Waals surface area contributed by atoms with Crippen LogP contribution in [0.1, 0.15) is 58.7 Å². The molecule has 6 heteroatoms. The fraction of sp³-hybridized carbons (Fsp3) is 0.619. The van der Waals surface area contributed by atoms with Crippen LogP contribution in [0.3, 0.4) is 0 Å². The molecule has 0 saturated carbocycles. The molecule has 2 aromatic heterocycles. The second-order valence-electron chi connectivity index (χ2n) is 7.99. The number of hydrogen-bond acceptors (Lipinski definition) is 4. The van der Waals surface area contributed by atoms with E-state index in [0.29, 0.717) is 11.7 Å². The lowest BCUT2D eigenvalue weighted by Gasteiger charge is -2.31. The summed E-state index contributed by atoms with van der Waals surface area (Å²) in [6.07, 6.45) is 7.77. The van der Waals surface area contributed by atoms with E-state index in [1.807, 2.05) is 28.0 Å². The van der Waals surface area contributed by atoms with Gasteiger partial charge >= 0.3 is 0 Å². The largest absolute Gasteiger partial charge is 0.337 e. The van der Waals surface area contributed by atoms with Crippen molar-refractivity contribution >= 4 is 17.2 Å². The molecule has 1 aliphatic carbocycles. The monoisotopic (exact) mass is 386 g/mol. The van der Waals surface area contributed by atoms with Gasteiger partial charge in [0.2, 0.25) is 0 Å². The van der Waals surface area contributed by atoms with Gasteiger partial charge in [0.1, 0.15) is 0 Å². The SMILES string of the molecule is CN(Cc1cccs1)C1CCc2c(c(C(=O)N3CCCCCC3)nn2C)C1. The Kier molecular flexibility index (Phi) is 5.64. The van der Waals surface area contributed by atoms with E-state index in [0.717, 1.165) is 51.7 Å². The molecule has 3 heterocycles. The summed E-state index contributed by atoms with van der Waals surface area (Å²) >= 11 is 1.81. The number of likely N-dealkylation sites (N-methyl/N-ethyl adjacent to an activating group) is 1. The molecule has 1 amide bonds. The predicted molar refractivity (Wildman–Crippen MR) is 109 cm³/mol. The van der Waals surface area contributed by atoms with Crippen LogP contribution in [0, 0.1) is 0 Å². The molecule has 146 valence electrons. The number of thiophene rings is 1. The van der Waals surface area contributed by atoms with Gasteiger partial charge in [-0.25, -0.2) is 0 Å². The third-order valence-corrected chi connectivity index (χ3v) is 6.99. The second kappa shape index (κ2) is 8.15. The van der Waals surface area contributed by atoms with Crippen LogP contribution in [-0.4, -0.2) is 51.7 Å². The van der Waals surface area contributed by atoms with Crippen LogP contribution in [0.2, 0.25) is 0 Å². The summed E-state index contributed by atoms with van der Waals surface area (Å²) in [6, 6.07) is 4.79. The van der Waals surface area contributed by atoms with Crippen molar-refractivity contribution in [3.8, 4) is 0 Å². The van der Waals surface area contributed by atoms with E-state index in [1.165, 1.54) is 29.0 Å². The molecule has 2 aromatic rings. The zero-order valence-corrected chi connectivity index (χ0v) is 17.3. The number of amides is 1. The molecule has 1 fully saturated rings. The van der Waals surface area contributed by atoms with Gasteiger partial charge in [-0.15, -0.1) is 11.3 Å². The van der Waals surface area contributed by atoms with Gasteiger partial charge in [0.25, 0.3) is 5.91 Å². The number of rotatable bonds is 4. The maximum Gasteiger partial charge on any atom is 0.274 e. The van der Waals surface area contributed by atoms with E-state index in [1.54, 1.807) is 0 Å². The van der Waals surface area contributed by atoms with E-state index >= 15 is 0 Å². The maximum absolute atomic E-state index is 13.2. The third-order valence-electron chi connectivity index (χ3n) is 6.13. The number of aryl methyl sites for hydroxylation is 1. The number of nitrogens with zero attached hydrogens (tertiary/aromatic N) is 4. The fourth-order valence-electron chi connectivity index (χ4n) is 4.52. The lowest BCUT2D eigenvalue weighted by atomic mass is 9.90. The normalized spacial score (nSPS) is 20.6. The molecule has 0 spiro atoms. The van der Waals surface area contributed by atoms with Gasteiger partial charge < -0.3 is 4.90 Å². The summed E-state index contributed by atoms with van der Waals surface area (Å²) in [5.41, 5.74) is 3.17. The van der Waals surface area contributed by atoms with E-state index in [4.69, 9.17) is 0 Å². The Bertz CT molecular complexity index is 774. The average molecular weight is 387 g/mol. The highest BCUT2D eigenvalue weighted by atomic mass is 32.1. The Labute approximate surface area is 166 Å². The highest BCUT2D eigenvalue weighted by Gasteiger charge is 2.32. The molecule has 0 radical (unpaired) electrons. The molecular formula is C21H30N4OS. The number of carbonyl (C=O) groups excluding carboxylic acids is 1. The minimum atomic E-state index is 0.148. The summed E-state index contributed by atoms with van der Waals surface area (Å²) in [6.45, 7) is 2.74. The molecule has 4 rings (SSSR count). The quantitative estimate of drug-likeness (QED) is 0.808. The van der Waals surface area contributed by atoms with Crippen LogP contribution >= 0.6 is 11.3 Å². The third kappa shape index (κ3) is 3.97. The number of carbonyl (C=O) groups is 1. The first-order valence-electron chi connectivity index (χ1n) is 10.2. The van der Waals surface area contributed by atoms with Crippen molar-refractivity contribution < 1.29 is 4.79 Å². The van der Waals surface area contributed by atoms with Gasteiger partial charge in [-0.1, -0.05) is 18.9 Å². The van der Waals surface area contributed by atoms with Crippen molar-refractivity contribution in [3.05, 3.63) is 39.3 Å². The van der Waals surface area contributed by atoms with Gasteiger partial charge in [0, 0.05) is 48.9 Å². The minimum Gasteiger partial charge on any atom is -0.337 e. The van der Waals surface area contributed by atoms with Crippen LogP contribution in [0.5, 0.6) is 0 Å². The summed E-state index contributed by atoms with van der Waals surface area (Å²) in [5, 5.41) is 6.82. The Morgan fingerprint density at radius 2 is 2.07 bits per heavy atom. The zero-order chi connectivity index (χ0) is 18.8. The van der Waals surface area contributed by atoms with E-state index in [2.05, 4.69) is 34.6 Å². The summed E-state index contributed by atoms with van der Waals surface area (Å²) < 4.78 is 1.95. The zero-order valence-electron chi connectivity index (χ0n) is 16.5. The molecule has 1 aliphatic heterocycles. The van der Waals surface area contributed by atoms with Crippen molar-refractivity contribution in [1.82, 2.24) is 19.6 Å². The Balaban J connectivity index is 1.52. The first-order chi connectivity index (χ1) is 13.1. The molecule has 1 saturated heterocycles. The number of hydrogen-bond donors (Lipinski definition) is 0. The molecule has 1 atom stereocenters. The second-order valence-corrected chi connectivity index (χ2v) is 9.03. The van der Waals surface area contributed by atoms with Crippen LogP contribution in [0.4, 0.5) is 0 Å². The molecule has 27 heavy (non-hydrogen) atoms. The van der Waals surface area contributed by atoms with E-state index < -0.39 is 0 Å². The Hall–Kier alpha value is -1.66. The van der Waals surface area contributed by atoms with Crippen LogP contribution < -0.4 is 0 Å². The van der Waals surface area contributed by atoms with Gasteiger partial charge in [0.15, 0.2) is 5.69 Å². The molecule has 5 nitrogen and oxygen atoms in total.